The van der Waals surface area contributed by atoms with Crippen LogP contribution in [0.4, 0.5) is 10.5 Å². The van der Waals surface area contributed by atoms with Crippen molar-refractivity contribution in [1.29, 1.82) is 0 Å². The van der Waals surface area contributed by atoms with E-state index in [1.54, 1.807) is 24.1 Å². The van der Waals surface area contributed by atoms with Crippen molar-refractivity contribution in [2.75, 3.05) is 19.0 Å². The molecule has 0 bridgehead atoms. The van der Waals surface area contributed by atoms with E-state index in [4.69, 9.17) is 4.74 Å². The molecule has 6 nitrogen and oxygen atoms in total. The molecule has 4 aromatic rings. The number of pyridine rings is 1. The van der Waals surface area contributed by atoms with Crippen LogP contribution < -0.4 is 15.6 Å². The van der Waals surface area contributed by atoms with Crippen molar-refractivity contribution in [2.45, 2.75) is 19.9 Å². The number of para-hydroxylation sites is 2. The molecule has 1 heterocycles. The maximum absolute atomic E-state index is 13.3. The molecule has 0 spiro atoms. The maximum Gasteiger partial charge on any atom is 0.322 e. The van der Waals surface area contributed by atoms with Gasteiger partial charge in [0, 0.05) is 17.6 Å². The Morgan fingerprint density at radius 2 is 1.76 bits per heavy atom. The number of nitrogens with one attached hydrogen (secondary N) is 2. The van der Waals surface area contributed by atoms with Crippen molar-refractivity contribution < 1.29 is 9.53 Å². The molecule has 0 saturated carbocycles. The van der Waals surface area contributed by atoms with Crippen molar-refractivity contribution in [1.82, 2.24) is 9.88 Å². The number of rotatable bonds is 7. The number of urea groups is 1. The topological polar surface area (TPSA) is 74.4 Å². The molecule has 2 amide bonds. The third-order valence-electron chi connectivity index (χ3n) is 5.59. The van der Waals surface area contributed by atoms with E-state index < -0.39 is 0 Å². The number of carbonyl (C=O) groups is 1. The van der Waals surface area contributed by atoms with Crippen molar-refractivity contribution in [3.8, 4) is 5.75 Å². The Bertz CT molecular complexity index is 1320. The Labute approximate surface area is 192 Å². The van der Waals surface area contributed by atoms with Gasteiger partial charge in [-0.05, 0) is 54.6 Å². The minimum Gasteiger partial charge on any atom is -0.495 e. The quantitative estimate of drug-likeness (QED) is 0.418. The summed E-state index contributed by atoms with van der Waals surface area (Å²) in [6.45, 7) is 2.65. The van der Waals surface area contributed by atoms with Crippen molar-refractivity contribution in [3.05, 3.63) is 106 Å². The number of hydrogen-bond donors (Lipinski definition) is 2. The lowest BCUT2D eigenvalue weighted by molar-refractivity contribution is 0.209. The van der Waals surface area contributed by atoms with E-state index in [0.717, 1.165) is 22.0 Å². The Hall–Kier alpha value is -4.06. The lowest BCUT2D eigenvalue weighted by Crippen LogP contribution is -2.37. The monoisotopic (exact) mass is 441 g/mol. The van der Waals surface area contributed by atoms with Crippen LogP contribution in [0.5, 0.6) is 5.75 Å². The fraction of sp³-hybridized carbons (Fsp3) is 0.185. The number of carbonyl (C=O) groups excluding carboxylic acids is 1. The summed E-state index contributed by atoms with van der Waals surface area (Å²) in [7, 11) is 1.56. The van der Waals surface area contributed by atoms with Crippen LogP contribution in [0.25, 0.3) is 10.9 Å². The van der Waals surface area contributed by atoms with Crippen LogP contribution in [0, 0.1) is 6.92 Å². The molecular formula is C27H27N3O3. The fourth-order valence-corrected chi connectivity index (χ4v) is 3.80. The summed E-state index contributed by atoms with van der Waals surface area (Å²) in [5.74, 6) is 0.577. The van der Waals surface area contributed by atoms with Gasteiger partial charge in [0.25, 0.3) is 5.56 Å². The van der Waals surface area contributed by atoms with Gasteiger partial charge in [-0.25, -0.2) is 4.79 Å². The van der Waals surface area contributed by atoms with E-state index in [1.807, 2.05) is 73.7 Å². The van der Waals surface area contributed by atoms with Crippen molar-refractivity contribution in [3.63, 3.8) is 0 Å². The maximum atomic E-state index is 13.3. The number of aromatic amines is 1. The lowest BCUT2D eigenvalue weighted by Gasteiger charge is -2.24. The van der Waals surface area contributed by atoms with Crippen LogP contribution in [0.3, 0.4) is 0 Å². The van der Waals surface area contributed by atoms with Crippen LogP contribution in [0.2, 0.25) is 0 Å². The number of anilines is 1. The second-order valence-corrected chi connectivity index (χ2v) is 8.00. The molecule has 33 heavy (non-hydrogen) atoms. The first kappa shape index (κ1) is 22.1. The number of benzene rings is 3. The molecule has 3 aromatic carbocycles. The molecule has 1 aromatic heterocycles. The third-order valence-corrected chi connectivity index (χ3v) is 5.59. The smallest absolute Gasteiger partial charge is 0.322 e. The van der Waals surface area contributed by atoms with E-state index in [2.05, 4.69) is 10.3 Å². The molecule has 4 rings (SSSR count). The standard InChI is InChI=1S/C27H27N3O3/c1-19-12-13-23-21(16-19)17-22(26(31)28-23)18-30(15-14-20-8-4-3-5-9-20)27(32)29-24-10-6-7-11-25(24)33-2/h3-13,16-17H,14-15,18H2,1-2H3,(H,28,31)(H,29,32). The Kier molecular flexibility index (Phi) is 6.74. The summed E-state index contributed by atoms with van der Waals surface area (Å²) in [4.78, 5) is 30.7. The number of aromatic nitrogens is 1. The SMILES string of the molecule is COc1ccccc1NC(=O)N(CCc1ccccc1)Cc1cc2cc(C)ccc2[nH]c1=O. The van der Waals surface area contributed by atoms with Crippen LogP contribution >= 0.6 is 0 Å². The van der Waals surface area contributed by atoms with Gasteiger partial charge >= 0.3 is 6.03 Å². The molecule has 0 aliphatic heterocycles. The van der Waals surface area contributed by atoms with Crippen LogP contribution in [-0.4, -0.2) is 29.6 Å². The van der Waals surface area contributed by atoms with E-state index >= 15 is 0 Å². The molecule has 0 saturated heterocycles. The average molecular weight is 442 g/mol. The molecule has 0 atom stereocenters. The predicted octanol–water partition coefficient (Wildman–Crippen LogP) is 5.12. The molecule has 0 aliphatic carbocycles. The molecule has 0 aliphatic rings. The number of aryl methyl sites for hydroxylation is 1. The number of fused-ring (bicyclic) bond motifs is 1. The zero-order valence-corrected chi connectivity index (χ0v) is 18.8. The first-order valence-electron chi connectivity index (χ1n) is 10.9. The highest BCUT2D eigenvalue weighted by atomic mass is 16.5. The molecule has 0 radical (unpaired) electrons. The second kappa shape index (κ2) is 10.0. The van der Waals surface area contributed by atoms with Crippen LogP contribution in [0.15, 0.2) is 83.7 Å². The summed E-state index contributed by atoms with van der Waals surface area (Å²) in [5.41, 5.74) is 3.94. The van der Waals surface area contributed by atoms with E-state index in [1.165, 1.54) is 0 Å². The van der Waals surface area contributed by atoms with Crippen LogP contribution in [-0.2, 0) is 13.0 Å². The van der Waals surface area contributed by atoms with E-state index in [0.29, 0.717) is 30.0 Å². The summed E-state index contributed by atoms with van der Waals surface area (Å²) >= 11 is 0. The summed E-state index contributed by atoms with van der Waals surface area (Å²) in [6, 6.07) is 24.7. The molecular weight excluding hydrogens is 414 g/mol. The minimum absolute atomic E-state index is 0.188. The first-order chi connectivity index (χ1) is 16.0. The summed E-state index contributed by atoms with van der Waals surface area (Å²) in [5, 5.41) is 3.88. The number of methoxy groups -OCH3 is 1. The molecule has 2 N–H and O–H groups in total. The largest absolute Gasteiger partial charge is 0.495 e. The lowest BCUT2D eigenvalue weighted by atomic mass is 10.1. The molecule has 0 fully saturated rings. The van der Waals surface area contributed by atoms with Gasteiger partial charge in [0.05, 0.1) is 19.3 Å². The van der Waals surface area contributed by atoms with E-state index in [-0.39, 0.29) is 18.1 Å². The van der Waals surface area contributed by atoms with Gasteiger partial charge in [-0.3, -0.25) is 4.79 Å². The highest BCUT2D eigenvalue weighted by molar-refractivity contribution is 5.91. The Morgan fingerprint density at radius 1 is 1.00 bits per heavy atom. The fourth-order valence-electron chi connectivity index (χ4n) is 3.80. The second-order valence-electron chi connectivity index (χ2n) is 8.00. The minimum atomic E-state index is -0.292. The van der Waals surface area contributed by atoms with Gasteiger partial charge in [-0.1, -0.05) is 54.1 Å². The zero-order valence-electron chi connectivity index (χ0n) is 18.8. The molecule has 6 heteroatoms. The highest BCUT2D eigenvalue weighted by Crippen LogP contribution is 2.24. The Morgan fingerprint density at radius 3 is 2.55 bits per heavy atom. The third kappa shape index (κ3) is 5.41. The number of ether oxygens (including phenoxy) is 1. The molecule has 0 unspecified atom stereocenters. The number of H-pyrrole nitrogens is 1. The summed E-state index contributed by atoms with van der Waals surface area (Å²) < 4.78 is 5.36. The molecule has 168 valence electrons. The van der Waals surface area contributed by atoms with E-state index in [9.17, 15) is 9.59 Å². The average Bonchev–Trinajstić information content (AvgIpc) is 2.83. The van der Waals surface area contributed by atoms with Gasteiger partial charge in [-0.15, -0.1) is 0 Å². The predicted molar refractivity (Wildman–Crippen MR) is 132 cm³/mol. The highest BCUT2D eigenvalue weighted by Gasteiger charge is 2.18. The van der Waals surface area contributed by atoms with Crippen LogP contribution in [0.1, 0.15) is 16.7 Å². The van der Waals surface area contributed by atoms with Crippen molar-refractivity contribution >= 4 is 22.6 Å². The van der Waals surface area contributed by atoms with Gasteiger partial charge in [-0.2, -0.15) is 0 Å². The van der Waals surface area contributed by atoms with Gasteiger partial charge < -0.3 is 19.9 Å². The van der Waals surface area contributed by atoms with Crippen molar-refractivity contribution in [2.24, 2.45) is 0 Å². The number of amides is 2. The normalized spacial score (nSPS) is 10.7. The van der Waals surface area contributed by atoms with Gasteiger partial charge in [0.2, 0.25) is 0 Å². The number of hydrogen-bond acceptors (Lipinski definition) is 3. The van der Waals surface area contributed by atoms with Gasteiger partial charge in [0.1, 0.15) is 5.75 Å². The zero-order chi connectivity index (χ0) is 23.2. The summed E-state index contributed by atoms with van der Waals surface area (Å²) in [6.07, 6.45) is 0.671. The Balaban J connectivity index is 1.62. The number of nitrogens with zero attached hydrogens (tertiary/aromatic N) is 1. The van der Waals surface area contributed by atoms with Gasteiger partial charge in [0.15, 0.2) is 0 Å². The first-order valence-corrected chi connectivity index (χ1v) is 10.9.